The van der Waals surface area contributed by atoms with Gasteiger partial charge in [0.1, 0.15) is 17.2 Å². The number of methoxy groups -OCH3 is 1. The molecule has 0 amide bonds. The zero-order valence-corrected chi connectivity index (χ0v) is 33.0. The van der Waals surface area contributed by atoms with E-state index in [2.05, 4.69) is 132 Å². The summed E-state index contributed by atoms with van der Waals surface area (Å²) in [7, 11) is 1.73. The number of hydrogen-bond acceptors (Lipinski definition) is 4. The fourth-order valence-electron chi connectivity index (χ4n) is 4.76. The second-order valence-electron chi connectivity index (χ2n) is 14.3. The van der Waals surface area contributed by atoms with E-state index in [1.807, 2.05) is 18.2 Å². The van der Waals surface area contributed by atoms with Crippen molar-refractivity contribution in [2.75, 3.05) is 7.11 Å². The zero-order valence-electron chi connectivity index (χ0n) is 33.0. The van der Waals surface area contributed by atoms with Gasteiger partial charge in [0.15, 0.2) is 0 Å². The lowest BCUT2D eigenvalue weighted by Gasteiger charge is -2.12. The molecule has 0 saturated carbocycles. The maximum absolute atomic E-state index is 11.1. The van der Waals surface area contributed by atoms with E-state index in [0.717, 1.165) is 36.1 Å². The first-order valence-corrected chi connectivity index (χ1v) is 17.6. The molecule has 0 fully saturated rings. The van der Waals surface area contributed by atoms with Gasteiger partial charge in [-0.1, -0.05) is 120 Å². The Kier molecular flexibility index (Phi) is 21.5. The third-order valence-electron chi connectivity index (χ3n) is 7.94. The van der Waals surface area contributed by atoms with Crippen LogP contribution in [0.15, 0.2) is 89.5 Å². The van der Waals surface area contributed by atoms with Gasteiger partial charge in [0, 0.05) is 6.92 Å². The number of allylic oxidation sites excluding steroid dienone is 6. The fourth-order valence-corrected chi connectivity index (χ4v) is 4.76. The highest BCUT2D eigenvalue weighted by Gasteiger charge is 2.09. The van der Waals surface area contributed by atoms with Crippen molar-refractivity contribution in [3.8, 4) is 17.2 Å². The first-order valence-electron chi connectivity index (χ1n) is 17.6. The Balaban J connectivity index is 0.000000716. The minimum absolute atomic E-state index is 0. The van der Waals surface area contributed by atoms with Gasteiger partial charge in [0.2, 0.25) is 0 Å². The van der Waals surface area contributed by atoms with Crippen LogP contribution < -0.4 is 9.47 Å². The van der Waals surface area contributed by atoms with E-state index in [9.17, 15) is 9.90 Å². The summed E-state index contributed by atoms with van der Waals surface area (Å²) in [5.74, 6) is 3.34. The van der Waals surface area contributed by atoms with Crippen LogP contribution in [0.5, 0.6) is 17.2 Å². The molecule has 3 aromatic carbocycles. The topological polar surface area (TPSA) is 55.8 Å². The van der Waals surface area contributed by atoms with Gasteiger partial charge in [-0.2, -0.15) is 0 Å². The van der Waals surface area contributed by atoms with Gasteiger partial charge in [0.05, 0.1) is 7.11 Å². The normalized spacial score (nSPS) is 10.2. The number of rotatable bonds is 11. The van der Waals surface area contributed by atoms with Gasteiger partial charge in [-0.25, -0.2) is 0 Å². The van der Waals surface area contributed by atoms with Crippen molar-refractivity contribution in [2.24, 2.45) is 0 Å². The monoisotopic (exact) mass is 685 g/mol. The predicted octanol–water partition coefficient (Wildman–Crippen LogP) is 13.2. The van der Waals surface area contributed by atoms with Crippen LogP contribution in [0.2, 0.25) is 0 Å². The Labute approximate surface area is 306 Å². The van der Waals surface area contributed by atoms with Crippen LogP contribution in [0.25, 0.3) is 0 Å². The van der Waals surface area contributed by atoms with E-state index < -0.39 is 0 Å². The van der Waals surface area contributed by atoms with Crippen LogP contribution in [0.1, 0.15) is 149 Å². The highest BCUT2D eigenvalue weighted by Crippen LogP contribution is 2.27. The van der Waals surface area contributed by atoms with Crippen molar-refractivity contribution >= 4 is 5.97 Å². The number of aromatic hydroxyl groups is 1. The summed E-state index contributed by atoms with van der Waals surface area (Å²) >= 11 is 0. The SMILES string of the molecule is C.CC(=O)Oc1ccc(C(C)C)cc1CC=C(C)C.CC(C)=CCc1cc(C(C)C)ccc1O.COc1ccc(C(C)C)cc1CC=C(C)C. The van der Waals surface area contributed by atoms with Crippen molar-refractivity contribution in [2.45, 2.75) is 134 Å². The van der Waals surface area contributed by atoms with Crippen LogP contribution in [0, 0.1) is 0 Å². The summed E-state index contributed by atoms with van der Waals surface area (Å²) in [5.41, 5.74) is 11.2. The number of phenols is 1. The molecule has 0 unspecified atom stereocenters. The molecule has 0 bridgehead atoms. The Morgan fingerprint density at radius 3 is 1.28 bits per heavy atom. The van der Waals surface area contributed by atoms with Crippen LogP contribution in [0.4, 0.5) is 0 Å². The molecular weight excluding hydrogens is 617 g/mol. The van der Waals surface area contributed by atoms with Crippen molar-refractivity contribution < 1.29 is 19.4 Å². The number of esters is 1. The van der Waals surface area contributed by atoms with Crippen molar-refractivity contribution in [1.29, 1.82) is 0 Å². The largest absolute Gasteiger partial charge is 0.508 e. The Hall–Kier alpha value is -4.05. The van der Waals surface area contributed by atoms with Gasteiger partial charge in [0.25, 0.3) is 0 Å². The molecule has 0 aromatic heterocycles. The Bertz CT molecular complexity index is 1550. The average Bonchev–Trinajstić information content (AvgIpc) is 3.02. The minimum Gasteiger partial charge on any atom is -0.508 e. The molecule has 4 heteroatoms. The third-order valence-corrected chi connectivity index (χ3v) is 7.94. The molecule has 0 aliphatic heterocycles. The second kappa shape index (κ2) is 23.4. The van der Waals surface area contributed by atoms with Gasteiger partial charge in [-0.3, -0.25) is 4.79 Å². The number of carbonyl (C=O) groups excluding carboxylic acids is 1. The highest BCUT2D eigenvalue weighted by molar-refractivity contribution is 5.70. The van der Waals surface area contributed by atoms with E-state index in [4.69, 9.17) is 9.47 Å². The van der Waals surface area contributed by atoms with Crippen LogP contribution >= 0.6 is 0 Å². The molecule has 0 atom stereocenters. The number of carbonyl (C=O) groups is 1. The molecule has 3 aromatic rings. The highest BCUT2D eigenvalue weighted by atomic mass is 16.5. The third kappa shape index (κ3) is 17.6. The van der Waals surface area contributed by atoms with E-state index in [0.29, 0.717) is 29.3 Å². The van der Waals surface area contributed by atoms with Crippen molar-refractivity contribution in [3.05, 3.63) is 123 Å². The van der Waals surface area contributed by atoms with E-state index in [-0.39, 0.29) is 13.4 Å². The summed E-state index contributed by atoms with van der Waals surface area (Å²) in [6, 6.07) is 18.4. The van der Waals surface area contributed by atoms with Gasteiger partial charge in [-0.15, -0.1) is 0 Å². The summed E-state index contributed by atoms with van der Waals surface area (Å²) in [6.45, 7) is 27.0. The summed E-state index contributed by atoms with van der Waals surface area (Å²) in [4.78, 5) is 11.1. The Morgan fingerprint density at radius 2 is 0.920 bits per heavy atom. The molecule has 50 heavy (non-hydrogen) atoms. The zero-order chi connectivity index (χ0) is 37.3. The van der Waals surface area contributed by atoms with Gasteiger partial charge < -0.3 is 14.6 Å². The average molecular weight is 685 g/mol. The first kappa shape index (κ1) is 46.0. The molecule has 0 heterocycles. The van der Waals surface area contributed by atoms with E-state index in [1.165, 1.54) is 45.9 Å². The number of ether oxygens (including phenoxy) is 2. The summed E-state index contributed by atoms with van der Waals surface area (Å²) < 4.78 is 10.6. The predicted molar refractivity (Wildman–Crippen MR) is 217 cm³/mol. The Morgan fingerprint density at radius 1 is 0.580 bits per heavy atom. The van der Waals surface area contributed by atoms with Gasteiger partial charge in [-0.05, 0) is 130 Å². The molecule has 0 radical (unpaired) electrons. The van der Waals surface area contributed by atoms with Gasteiger partial charge >= 0.3 is 5.97 Å². The standard InChI is InChI=1S/C16H22O2.C15H22O.C14H20O.CH4/c1-11(2)6-7-15-10-14(12(3)4)8-9-16(15)18-13(5)17;1-11(2)6-7-14-10-13(12(3)4)8-9-15(14)16-5;1-10(2)5-6-13-9-12(11(3)4)7-8-14(13)15;/h6,8-10,12H,7H2,1-5H3;6,8-10,12H,7H2,1-5H3;5,7-9,11,15H,6H2,1-4H3;1H4. The molecule has 0 aliphatic rings. The lowest BCUT2D eigenvalue weighted by atomic mass is 9.98. The second-order valence-corrected chi connectivity index (χ2v) is 14.3. The summed E-state index contributed by atoms with van der Waals surface area (Å²) in [6.07, 6.45) is 9.08. The molecule has 1 N–H and O–H groups in total. The lowest BCUT2D eigenvalue weighted by Crippen LogP contribution is -2.04. The minimum atomic E-state index is -0.272. The molecule has 4 nitrogen and oxygen atoms in total. The van der Waals surface area contributed by atoms with Crippen molar-refractivity contribution in [3.63, 3.8) is 0 Å². The number of benzene rings is 3. The van der Waals surface area contributed by atoms with Crippen molar-refractivity contribution in [1.82, 2.24) is 0 Å². The van der Waals surface area contributed by atoms with E-state index in [1.54, 1.807) is 13.2 Å². The number of phenolic OH excluding ortho intramolecular Hbond substituents is 1. The maximum atomic E-state index is 11.1. The van der Waals surface area contributed by atoms with Crippen LogP contribution in [0.3, 0.4) is 0 Å². The fraction of sp³-hybridized carbons (Fsp3) is 0.457. The molecule has 0 saturated heterocycles. The summed E-state index contributed by atoms with van der Waals surface area (Å²) in [5, 5.41) is 9.70. The van der Waals surface area contributed by atoms with E-state index >= 15 is 0 Å². The molecule has 0 spiro atoms. The quantitative estimate of drug-likeness (QED) is 0.124. The molecular formula is C46H68O4. The van der Waals surface area contributed by atoms with Crippen LogP contribution in [-0.4, -0.2) is 18.2 Å². The first-order chi connectivity index (χ1) is 22.9. The molecule has 276 valence electrons. The molecule has 3 rings (SSSR count). The van der Waals surface area contributed by atoms with Crippen LogP contribution in [-0.2, 0) is 24.1 Å². The molecule has 0 aliphatic carbocycles. The smallest absolute Gasteiger partial charge is 0.308 e. The maximum Gasteiger partial charge on any atom is 0.308 e. The number of hydrogen-bond donors (Lipinski definition) is 1. The lowest BCUT2D eigenvalue weighted by molar-refractivity contribution is -0.131.